The van der Waals surface area contributed by atoms with E-state index in [2.05, 4.69) is 32.9 Å². The topological polar surface area (TPSA) is 61.7 Å². The molecule has 124 valence electrons. The molecule has 0 bridgehead atoms. The van der Waals surface area contributed by atoms with Gasteiger partial charge in [-0.3, -0.25) is 4.98 Å². The van der Waals surface area contributed by atoms with Crippen LogP contribution in [0.1, 0.15) is 69.8 Å². The van der Waals surface area contributed by atoms with E-state index in [9.17, 15) is 0 Å². The number of azide groups is 1. The molecule has 0 spiro atoms. The average molecular weight is 312 g/mol. The van der Waals surface area contributed by atoms with Crippen molar-refractivity contribution in [3.63, 3.8) is 0 Å². The Bertz CT molecular complexity index is 495. The number of pyridine rings is 1. The molecule has 0 fully saturated rings. The second-order valence-corrected chi connectivity index (χ2v) is 5.75. The van der Waals surface area contributed by atoms with Crippen LogP contribution in [0.4, 0.5) is 0 Å². The van der Waals surface area contributed by atoms with Gasteiger partial charge >= 0.3 is 0 Å². The minimum absolute atomic E-state index is 0.649. The van der Waals surface area contributed by atoms with Crippen molar-refractivity contribution in [1.82, 2.24) is 4.98 Å². The first kappa shape index (κ1) is 19.1. The van der Waals surface area contributed by atoms with Gasteiger partial charge in [-0.15, -0.1) is 11.8 Å². The van der Waals surface area contributed by atoms with E-state index in [-0.39, 0.29) is 0 Å². The van der Waals surface area contributed by atoms with Gasteiger partial charge in [-0.25, -0.2) is 0 Å². The van der Waals surface area contributed by atoms with E-state index >= 15 is 0 Å². The van der Waals surface area contributed by atoms with Crippen LogP contribution in [-0.4, -0.2) is 11.5 Å². The van der Waals surface area contributed by atoms with Crippen molar-refractivity contribution in [2.45, 2.75) is 70.6 Å². The van der Waals surface area contributed by atoms with Crippen molar-refractivity contribution in [2.75, 3.05) is 6.54 Å². The maximum Gasteiger partial charge on any atom is 0.0300 e. The normalized spacial score (nSPS) is 9.74. The summed E-state index contributed by atoms with van der Waals surface area (Å²) in [6, 6.07) is 4.08. The molecule has 1 heterocycles. The van der Waals surface area contributed by atoms with Gasteiger partial charge in [0.15, 0.2) is 0 Å². The molecule has 23 heavy (non-hydrogen) atoms. The lowest BCUT2D eigenvalue weighted by Crippen LogP contribution is -1.84. The van der Waals surface area contributed by atoms with Gasteiger partial charge in [-0.1, -0.05) is 49.7 Å². The summed E-state index contributed by atoms with van der Waals surface area (Å²) in [4.78, 5) is 6.86. The number of hydrogen-bond acceptors (Lipinski definition) is 2. The van der Waals surface area contributed by atoms with Gasteiger partial charge in [0.05, 0.1) is 0 Å². The molecule has 0 aliphatic carbocycles. The summed E-state index contributed by atoms with van der Waals surface area (Å²) < 4.78 is 0. The highest BCUT2D eigenvalue weighted by Gasteiger charge is 1.92. The third-order valence-electron chi connectivity index (χ3n) is 3.76. The Kier molecular flexibility index (Phi) is 12.4. The van der Waals surface area contributed by atoms with Crippen LogP contribution in [0.2, 0.25) is 0 Å². The fourth-order valence-electron chi connectivity index (χ4n) is 2.43. The first-order valence-corrected chi connectivity index (χ1v) is 8.79. The molecule has 1 rings (SSSR count). The molecule has 0 saturated carbocycles. The van der Waals surface area contributed by atoms with Gasteiger partial charge in [0, 0.05) is 36.7 Å². The smallest absolute Gasteiger partial charge is 0.0300 e. The van der Waals surface area contributed by atoms with E-state index in [0.29, 0.717) is 6.54 Å². The van der Waals surface area contributed by atoms with Crippen LogP contribution in [0.5, 0.6) is 0 Å². The van der Waals surface area contributed by atoms with Crippen molar-refractivity contribution in [2.24, 2.45) is 5.11 Å². The summed E-state index contributed by atoms with van der Waals surface area (Å²) in [5, 5.41) is 3.54. The molecule has 4 nitrogen and oxygen atoms in total. The quantitative estimate of drug-likeness (QED) is 0.157. The zero-order valence-corrected chi connectivity index (χ0v) is 14.1. The third kappa shape index (κ3) is 12.3. The molecule has 0 amide bonds. The highest BCUT2D eigenvalue weighted by molar-refractivity contribution is 5.11. The molecular weight excluding hydrogens is 284 g/mol. The van der Waals surface area contributed by atoms with Crippen molar-refractivity contribution in [3.05, 3.63) is 40.5 Å². The highest BCUT2D eigenvalue weighted by atomic mass is 15.1. The molecule has 0 saturated heterocycles. The van der Waals surface area contributed by atoms with Gasteiger partial charge in [0.1, 0.15) is 0 Å². The highest BCUT2D eigenvalue weighted by Crippen LogP contribution is 2.09. The van der Waals surface area contributed by atoms with Crippen LogP contribution in [0.15, 0.2) is 29.6 Å². The van der Waals surface area contributed by atoms with E-state index in [1.54, 1.807) is 6.20 Å². The van der Waals surface area contributed by atoms with Crippen molar-refractivity contribution >= 4 is 0 Å². The SMILES string of the molecule is [N-]=[N+]=NCCCCCCCCCCC#CCCc1cccnc1. The van der Waals surface area contributed by atoms with Gasteiger partial charge in [0.25, 0.3) is 0 Å². The zero-order chi connectivity index (χ0) is 16.4. The fourth-order valence-corrected chi connectivity index (χ4v) is 2.43. The molecule has 4 heteroatoms. The van der Waals surface area contributed by atoms with Crippen LogP contribution < -0.4 is 0 Å². The maximum absolute atomic E-state index is 8.16. The summed E-state index contributed by atoms with van der Waals surface area (Å²) in [6.07, 6.45) is 16.6. The number of aromatic nitrogens is 1. The summed E-state index contributed by atoms with van der Waals surface area (Å²) in [5.74, 6) is 6.53. The van der Waals surface area contributed by atoms with E-state index < -0.39 is 0 Å². The third-order valence-corrected chi connectivity index (χ3v) is 3.76. The lowest BCUT2D eigenvalue weighted by atomic mass is 10.1. The van der Waals surface area contributed by atoms with Crippen molar-refractivity contribution in [1.29, 1.82) is 0 Å². The number of unbranched alkanes of at least 4 members (excludes halogenated alkanes) is 8. The standard InChI is InChI=1S/C19H28N4/c20-23-22-17-12-10-8-6-4-2-1-3-5-7-9-11-14-19-15-13-16-21-18-19/h13,15-16,18H,1-6,8,10-12,14,17H2. The van der Waals surface area contributed by atoms with Gasteiger partial charge in [-0.2, -0.15) is 0 Å². The predicted molar refractivity (Wildman–Crippen MR) is 95.9 cm³/mol. The predicted octanol–water partition coefficient (Wildman–Crippen LogP) is 5.84. The molecule has 1 aromatic heterocycles. The second-order valence-electron chi connectivity index (χ2n) is 5.75. The molecule has 1 aromatic rings. The van der Waals surface area contributed by atoms with E-state index in [4.69, 9.17) is 5.53 Å². The Morgan fingerprint density at radius 3 is 2.35 bits per heavy atom. The van der Waals surface area contributed by atoms with Crippen LogP contribution in [0.3, 0.4) is 0 Å². The largest absolute Gasteiger partial charge is 0.264 e. The van der Waals surface area contributed by atoms with Crippen LogP contribution in [0.25, 0.3) is 10.4 Å². The van der Waals surface area contributed by atoms with Crippen molar-refractivity contribution < 1.29 is 0 Å². The Hall–Kier alpha value is -1.98. The van der Waals surface area contributed by atoms with Crippen molar-refractivity contribution in [3.8, 4) is 11.8 Å². The minimum atomic E-state index is 0.649. The monoisotopic (exact) mass is 312 g/mol. The van der Waals surface area contributed by atoms with Crippen LogP contribution in [0, 0.1) is 11.8 Å². The number of rotatable bonds is 12. The van der Waals surface area contributed by atoms with Crippen LogP contribution >= 0.6 is 0 Å². The first-order valence-electron chi connectivity index (χ1n) is 8.79. The summed E-state index contributed by atoms with van der Waals surface area (Å²) >= 11 is 0. The maximum atomic E-state index is 8.16. The molecule has 0 aliphatic heterocycles. The summed E-state index contributed by atoms with van der Waals surface area (Å²) in [6.45, 7) is 0.649. The Morgan fingerprint density at radius 1 is 0.957 bits per heavy atom. The zero-order valence-electron chi connectivity index (χ0n) is 14.1. The van der Waals surface area contributed by atoms with Gasteiger partial charge in [0.2, 0.25) is 0 Å². The minimum Gasteiger partial charge on any atom is -0.264 e. The molecule has 0 radical (unpaired) electrons. The van der Waals surface area contributed by atoms with Crippen LogP contribution in [-0.2, 0) is 6.42 Å². The second kappa shape index (κ2) is 14.9. The molecule has 0 aliphatic rings. The fraction of sp³-hybridized carbons (Fsp3) is 0.632. The molecular formula is C19H28N4. The van der Waals surface area contributed by atoms with Gasteiger partial charge < -0.3 is 0 Å². The lowest BCUT2D eigenvalue weighted by molar-refractivity contribution is 0.572. The Balaban J connectivity index is 1.83. The average Bonchev–Trinajstić information content (AvgIpc) is 2.59. The molecule has 0 atom stereocenters. The van der Waals surface area contributed by atoms with Gasteiger partial charge in [-0.05, 0) is 36.4 Å². The summed E-state index contributed by atoms with van der Waals surface area (Å²) in [7, 11) is 0. The Morgan fingerprint density at radius 2 is 1.65 bits per heavy atom. The first-order chi connectivity index (χ1) is 11.4. The van der Waals surface area contributed by atoms with E-state index in [1.807, 2.05) is 12.3 Å². The number of hydrogen-bond donors (Lipinski definition) is 0. The number of aryl methyl sites for hydroxylation is 1. The summed E-state index contributed by atoms with van der Waals surface area (Å²) in [5.41, 5.74) is 9.42. The van der Waals surface area contributed by atoms with E-state index in [0.717, 1.165) is 25.7 Å². The molecule has 0 unspecified atom stereocenters. The lowest BCUT2D eigenvalue weighted by Gasteiger charge is -2.00. The molecule has 0 aromatic carbocycles. The Labute approximate surface area is 140 Å². The van der Waals surface area contributed by atoms with E-state index in [1.165, 1.54) is 50.5 Å². The molecule has 0 N–H and O–H groups in total. The number of nitrogens with zero attached hydrogens (tertiary/aromatic N) is 4.